The van der Waals surface area contributed by atoms with E-state index in [9.17, 15) is 9.59 Å². The van der Waals surface area contributed by atoms with Crippen LogP contribution in [0.25, 0.3) is 0 Å². The van der Waals surface area contributed by atoms with E-state index in [0.29, 0.717) is 25.0 Å². The van der Waals surface area contributed by atoms with Crippen LogP contribution in [0.2, 0.25) is 0 Å². The summed E-state index contributed by atoms with van der Waals surface area (Å²) in [5.74, 6) is 0.952. The third kappa shape index (κ3) is 9.43. The number of carbonyl (C=O) groups excluding carboxylic acids is 1. The average Bonchev–Trinajstić information content (AvgIpc) is 3.20. The number of aryl methyl sites for hydroxylation is 3. The highest BCUT2D eigenvalue weighted by molar-refractivity contribution is 7.99. The number of nitrogens with zero attached hydrogens (tertiary/aromatic N) is 1. The van der Waals surface area contributed by atoms with E-state index in [1.165, 1.54) is 41.1 Å². The lowest BCUT2D eigenvalue weighted by Crippen LogP contribution is -2.36. The molecule has 1 atom stereocenters. The number of aliphatic carboxylic acids is 1. The van der Waals surface area contributed by atoms with Gasteiger partial charge in [0, 0.05) is 22.6 Å². The summed E-state index contributed by atoms with van der Waals surface area (Å²) in [4.78, 5) is 29.6. The highest BCUT2D eigenvalue weighted by Gasteiger charge is 2.28. The van der Waals surface area contributed by atoms with Crippen LogP contribution in [0.3, 0.4) is 0 Å². The molecular weight excluding hydrogens is 490 g/mol. The number of aromatic nitrogens is 1. The molecule has 7 heteroatoms. The summed E-state index contributed by atoms with van der Waals surface area (Å²) < 4.78 is 6.08. The van der Waals surface area contributed by atoms with Crippen molar-refractivity contribution in [2.75, 3.05) is 5.75 Å². The lowest BCUT2D eigenvalue weighted by Gasteiger charge is -2.24. The van der Waals surface area contributed by atoms with Gasteiger partial charge in [-0.15, -0.1) is 23.1 Å². The van der Waals surface area contributed by atoms with Crippen LogP contribution in [0.1, 0.15) is 60.2 Å². The Morgan fingerprint density at radius 3 is 2.50 bits per heavy atom. The van der Waals surface area contributed by atoms with Crippen molar-refractivity contribution in [1.82, 2.24) is 4.98 Å². The third-order valence-corrected chi connectivity index (χ3v) is 8.19. The van der Waals surface area contributed by atoms with Crippen LogP contribution in [0.4, 0.5) is 0 Å². The summed E-state index contributed by atoms with van der Waals surface area (Å²) in [6.45, 7) is 3.70. The number of hydrogen-bond acceptors (Lipinski definition) is 6. The van der Waals surface area contributed by atoms with Crippen LogP contribution in [0.15, 0.2) is 59.5 Å². The molecule has 0 saturated carbocycles. The van der Waals surface area contributed by atoms with Gasteiger partial charge in [-0.3, -0.25) is 9.59 Å². The molecule has 3 rings (SSSR count). The molecule has 2 aromatic carbocycles. The fraction of sp³-hybridized carbons (Fsp3) is 0.414. The fourth-order valence-corrected chi connectivity index (χ4v) is 6.09. The SMILES string of the molecule is Cc1nc(CC(C)(C=O)Oc2ccc(SCCCCCc3ccccc3)cc2)sc1CCCC(=O)O. The first-order valence-electron chi connectivity index (χ1n) is 12.5. The topological polar surface area (TPSA) is 76.5 Å². The molecule has 36 heavy (non-hydrogen) atoms. The van der Waals surface area contributed by atoms with Crippen LogP contribution in [0.5, 0.6) is 5.75 Å². The summed E-state index contributed by atoms with van der Waals surface area (Å²) in [5.41, 5.74) is 1.29. The Labute approximate surface area is 222 Å². The van der Waals surface area contributed by atoms with Crippen molar-refractivity contribution in [3.05, 3.63) is 75.7 Å². The van der Waals surface area contributed by atoms with Crippen molar-refractivity contribution in [3.63, 3.8) is 0 Å². The minimum Gasteiger partial charge on any atom is -0.481 e. The Bertz CT molecular complexity index is 1100. The summed E-state index contributed by atoms with van der Waals surface area (Å²) in [5, 5.41) is 9.67. The Hall–Kier alpha value is -2.64. The molecular formula is C29H35NO4S2. The summed E-state index contributed by atoms with van der Waals surface area (Å²) >= 11 is 3.38. The second kappa shape index (κ2) is 14.2. The van der Waals surface area contributed by atoms with Crippen LogP contribution < -0.4 is 4.74 Å². The molecule has 1 N–H and O–H groups in total. The van der Waals surface area contributed by atoms with Crippen molar-refractivity contribution >= 4 is 35.4 Å². The standard InChI is InChI=1S/C29H35NO4S2/c1-22-26(13-9-14-28(32)33)36-27(30-22)20-29(2,21-31)34-24-15-17-25(18-16-24)35-19-8-4-7-12-23-10-5-3-6-11-23/h3,5-6,10-11,15-18,21H,4,7-9,12-14,19-20H2,1-2H3,(H,32,33). The number of carboxylic acid groups (broad SMARTS) is 1. The first-order valence-corrected chi connectivity index (χ1v) is 14.3. The van der Waals surface area contributed by atoms with Gasteiger partial charge in [-0.25, -0.2) is 4.98 Å². The Kier molecular flexibility index (Phi) is 11.0. The number of carbonyl (C=O) groups is 2. The van der Waals surface area contributed by atoms with E-state index in [-0.39, 0.29) is 6.42 Å². The second-order valence-corrected chi connectivity index (χ2v) is 11.5. The van der Waals surface area contributed by atoms with Crippen molar-refractivity contribution in [2.45, 2.75) is 75.7 Å². The van der Waals surface area contributed by atoms with Gasteiger partial charge in [0.25, 0.3) is 0 Å². The first-order chi connectivity index (χ1) is 17.4. The van der Waals surface area contributed by atoms with E-state index in [2.05, 4.69) is 35.3 Å². The van der Waals surface area contributed by atoms with Crippen LogP contribution >= 0.6 is 23.1 Å². The van der Waals surface area contributed by atoms with Gasteiger partial charge in [-0.2, -0.15) is 0 Å². The molecule has 3 aromatic rings. The predicted octanol–water partition coefficient (Wildman–Crippen LogP) is 6.94. The average molecular weight is 526 g/mol. The van der Waals surface area contributed by atoms with Crippen molar-refractivity contribution < 1.29 is 19.4 Å². The molecule has 0 fully saturated rings. The zero-order chi connectivity index (χ0) is 25.8. The van der Waals surface area contributed by atoms with E-state index in [1.54, 1.807) is 6.92 Å². The lowest BCUT2D eigenvalue weighted by molar-refractivity contribution is -0.137. The van der Waals surface area contributed by atoms with E-state index < -0.39 is 11.6 Å². The maximum Gasteiger partial charge on any atom is 0.303 e. The number of rotatable bonds is 16. The maximum atomic E-state index is 11.9. The maximum absolute atomic E-state index is 11.9. The van der Waals surface area contributed by atoms with E-state index in [4.69, 9.17) is 9.84 Å². The number of thiazole rings is 1. The Morgan fingerprint density at radius 1 is 1.06 bits per heavy atom. The molecule has 0 aliphatic rings. The molecule has 5 nitrogen and oxygen atoms in total. The molecule has 0 spiro atoms. The Morgan fingerprint density at radius 2 is 1.81 bits per heavy atom. The van der Waals surface area contributed by atoms with Gasteiger partial charge in [-0.05, 0) is 81.5 Å². The van der Waals surface area contributed by atoms with E-state index >= 15 is 0 Å². The third-order valence-electron chi connectivity index (χ3n) is 5.88. The molecule has 1 heterocycles. The fourth-order valence-electron chi connectivity index (χ4n) is 3.91. The van der Waals surface area contributed by atoms with Crippen molar-refractivity contribution in [3.8, 4) is 5.75 Å². The molecule has 0 bridgehead atoms. The van der Waals surface area contributed by atoms with Gasteiger partial charge in [0.1, 0.15) is 5.75 Å². The molecule has 0 saturated heterocycles. The number of unbranched alkanes of at least 4 members (excludes halogenated alkanes) is 2. The summed E-state index contributed by atoms with van der Waals surface area (Å²) in [6.07, 6.45) is 7.38. The quantitative estimate of drug-likeness (QED) is 0.124. The number of hydrogen-bond donors (Lipinski definition) is 1. The number of benzene rings is 2. The van der Waals surface area contributed by atoms with Gasteiger partial charge < -0.3 is 9.84 Å². The van der Waals surface area contributed by atoms with Crippen molar-refractivity contribution in [1.29, 1.82) is 0 Å². The number of ether oxygens (including phenoxy) is 1. The molecule has 1 unspecified atom stereocenters. The highest BCUT2D eigenvalue weighted by Crippen LogP contribution is 2.28. The van der Waals surface area contributed by atoms with Gasteiger partial charge in [0.2, 0.25) is 0 Å². The van der Waals surface area contributed by atoms with Crippen molar-refractivity contribution in [2.24, 2.45) is 0 Å². The van der Waals surface area contributed by atoms with E-state index in [0.717, 1.165) is 34.0 Å². The minimum absolute atomic E-state index is 0.143. The number of thioether (sulfide) groups is 1. The zero-order valence-electron chi connectivity index (χ0n) is 21.1. The molecule has 0 radical (unpaired) electrons. The summed E-state index contributed by atoms with van der Waals surface area (Å²) in [6, 6.07) is 18.6. The molecule has 1 aromatic heterocycles. The molecule has 0 aliphatic heterocycles. The van der Waals surface area contributed by atoms with E-state index in [1.807, 2.05) is 43.0 Å². The molecule has 0 aliphatic carbocycles. The zero-order valence-corrected chi connectivity index (χ0v) is 22.7. The largest absolute Gasteiger partial charge is 0.481 e. The van der Waals surface area contributed by atoms with Crippen LogP contribution in [-0.4, -0.2) is 33.7 Å². The molecule has 0 amide bonds. The van der Waals surface area contributed by atoms with Gasteiger partial charge in [0.15, 0.2) is 11.9 Å². The Balaban J connectivity index is 1.43. The van der Waals surface area contributed by atoms with Gasteiger partial charge in [-0.1, -0.05) is 36.8 Å². The van der Waals surface area contributed by atoms with Gasteiger partial charge >= 0.3 is 5.97 Å². The van der Waals surface area contributed by atoms with Crippen LogP contribution in [-0.2, 0) is 28.9 Å². The highest BCUT2D eigenvalue weighted by atomic mass is 32.2. The lowest BCUT2D eigenvalue weighted by atomic mass is 10.0. The number of aldehydes is 1. The van der Waals surface area contributed by atoms with Crippen LogP contribution in [0, 0.1) is 6.92 Å². The monoisotopic (exact) mass is 525 g/mol. The number of carboxylic acids is 1. The second-order valence-electron chi connectivity index (χ2n) is 9.19. The first kappa shape index (κ1) is 27.9. The predicted molar refractivity (Wildman–Crippen MR) is 147 cm³/mol. The molecule has 192 valence electrons. The summed E-state index contributed by atoms with van der Waals surface area (Å²) in [7, 11) is 0. The smallest absolute Gasteiger partial charge is 0.303 e. The normalized spacial score (nSPS) is 12.7. The minimum atomic E-state index is -1.02. The van der Waals surface area contributed by atoms with Gasteiger partial charge in [0.05, 0.1) is 10.7 Å².